The van der Waals surface area contributed by atoms with Gasteiger partial charge in [-0.25, -0.2) is 19.7 Å². The molecule has 2 aliphatic rings. The number of pyridine rings is 2. The molecule has 0 unspecified atom stereocenters. The van der Waals surface area contributed by atoms with Gasteiger partial charge in [-0.2, -0.15) is 23.3 Å². The van der Waals surface area contributed by atoms with E-state index in [4.69, 9.17) is 29.8 Å². The standard InChI is InChI=1S/C38H40N10.C2HF3O2/c1-25-22-48(23-26(2)41-25)38-40-21-31-20-32(28-8-4-3-5-9-28)34(42-35(31)44-38)29-13-11-27(12-14-29)24-47-18-15-30(16-19-47)36-43-37(46-45-36)33-10-6-7-17-39-33;3-2(4,5)1(6)7/h3-14,17,20-21,25-26,30,41H,15-16,18-19,22-24H2,1-2H3,(H,43,45,46);(H,6,7)/t25-,26+;. The summed E-state index contributed by atoms with van der Waals surface area (Å²) in [5.41, 5.74) is 7.04. The van der Waals surface area contributed by atoms with Crippen LogP contribution in [0.1, 0.15) is 44.0 Å². The average Bonchev–Trinajstić information content (AvgIpc) is 3.69. The molecule has 4 aromatic heterocycles. The maximum absolute atomic E-state index is 10.6. The number of likely N-dealkylation sites (tertiary alicyclic amines) is 1. The van der Waals surface area contributed by atoms with Crippen LogP contribution in [0.4, 0.5) is 19.1 Å². The van der Waals surface area contributed by atoms with Crippen molar-refractivity contribution in [3.63, 3.8) is 0 Å². The number of rotatable bonds is 7. The second-order valence-electron chi connectivity index (χ2n) is 14.0. The molecule has 0 spiro atoms. The van der Waals surface area contributed by atoms with E-state index in [-0.39, 0.29) is 0 Å². The number of halogens is 3. The van der Waals surface area contributed by atoms with E-state index < -0.39 is 12.1 Å². The summed E-state index contributed by atoms with van der Waals surface area (Å²) in [7, 11) is 0. The number of hydrogen-bond donors (Lipinski definition) is 3. The summed E-state index contributed by atoms with van der Waals surface area (Å²) >= 11 is 0. The molecule has 2 atom stereocenters. The molecule has 0 aliphatic carbocycles. The maximum Gasteiger partial charge on any atom is 0.490 e. The second kappa shape index (κ2) is 16.3. The number of piperazine rings is 1. The molecule has 0 bridgehead atoms. The molecule has 2 aliphatic heterocycles. The largest absolute Gasteiger partial charge is 0.490 e. The van der Waals surface area contributed by atoms with E-state index in [0.717, 1.165) is 96.4 Å². The predicted octanol–water partition coefficient (Wildman–Crippen LogP) is 6.74. The predicted molar refractivity (Wildman–Crippen MR) is 203 cm³/mol. The zero-order chi connectivity index (χ0) is 38.5. The van der Waals surface area contributed by atoms with Crippen LogP contribution in [0.25, 0.3) is 44.9 Å². The van der Waals surface area contributed by atoms with Gasteiger partial charge in [-0.3, -0.25) is 15.0 Å². The Bertz CT molecular complexity index is 2200. The molecular formula is C40H41F3N10O2. The highest BCUT2D eigenvalue weighted by Gasteiger charge is 2.38. The first-order valence-electron chi connectivity index (χ1n) is 18.2. The van der Waals surface area contributed by atoms with Crippen molar-refractivity contribution in [1.29, 1.82) is 0 Å². The number of aliphatic carboxylic acids is 1. The highest BCUT2D eigenvalue weighted by Crippen LogP contribution is 2.34. The third-order valence-corrected chi connectivity index (χ3v) is 9.73. The van der Waals surface area contributed by atoms with Crippen LogP contribution in [0.3, 0.4) is 0 Å². The number of benzene rings is 2. The summed E-state index contributed by atoms with van der Waals surface area (Å²) < 4.78 is 31.7. The van der Waals surface area contributed by atoms with Gasteiger partial charge in [0.2, 0.25) is 5.95 Å². The molecule has 6 aromatic rings. The molecule has 2 saturated heterocycles. The van der Waals surface area contributed by atoms with Crippen LogP contribution in [0, 0.1) is 0 Å². The fourth-order valence-electron chi connectivity index (χ4n) is 7.11. The molecular weight excluding hydrogens is 710 g/mol. The summed E-state index contributed by atoms with van der Waals surface area (Å²) in [6.07, 6.45) is 0.709. The van der Waals surface area contributed by atoms with Gasteiger partial charge in [0.05, 0.1) is 5.69 Å². The minimum Gasteiger partial charge on any atom is -0.475 e. The van der Waals surface area contributed by atoms with Crippen molar-refractivity contribution in [3.8, 4) is 33.9 Å². The van der Waals surface area contributed by atoms with E-state index in [2.05, 4.69) is 98.7 Å². The number of piperidine rings is 1. The van der Waals surface area contributed by atoms with Crippen LogP contribution in [0.5, 0.6) is 0 Å². The van der Waals surface area contributed by atoms with Gasteiger partial charge < -0.3 is 15.3 Å². The minimum atomic E-state index is -5.08. The first-order valence-corrected chi connectivity index (χ1v) is 18.2. The number of anilines is 1. The van der Waals surface area contributed by atoms with Gasteiger partial charge >= 0.3 is 12.1 Å². The Labute approximate surface area is 315 Å². The van der Waals surface area contributed by atoms with Gasteiger partial charge in [0.1, 0.15) is 11.5 Å². The molecule has 6 heterocycles. The van der Waals surface area contributed by atoms with Gasteiger partial charge in [-0.15, -0.1) is 0 Å². The summed E-state index contributed by atoms with van der Waals surface area (Å²) in [5, 5.41) is 19.3. The van der Waals surface area contributed by atoms with Crippen molar-refractivity contribution in [2.24, 2.45) is 0 Å². The number of fused-ring (bicyclic) bond motifs is 1. The molecule has 55 heavy (non-hydrogen) atoms. The Balaban J connectivity index is 0.000000609. The summed E-state index contributed by atoms with van der Waals surface area (Å²) in [6.45, 7) is 9.10. The van der Waals surface area contributed by atoms with Crippen molar-refractivity contribution in [2.45, 2.75) is 57.4 Å². The maximum atomic E-state index is 10.6. The first kappa shape index (κ1) is 37.5. The summed E-state index contributed by atoms with van der Waals surface area (Å²) in [4.78, 5) is 37.8. The fraction of sp³-hybridized carbons (Fsp3) is 0.325. The zero-order valence-corrected chi connectivity index (χ0v) is 30.4. The van der Waals surface area contributed by atoms with Crippen LogP contribution in [0.2, 0.25) is 0 Å². The number of carbonyl (C=O) groups is 1. The molecule has 0 amide bonds. The quantitative estimate of drug-likeness (QED) is 0.159. The number of nitrogens with one attached hydrogen (secondary N) is 2. The highest BCUT2D eigenvalue weighted by molar-refractivity contribution is 5.90. The van der Waals surface area contributed by atoms with Crippen molar-refractivity contribution in [3.05, 3.63) is 103 Å². The number of hydrogen-bond acceptors (Lipinski definition) is 10. The van der Waals surface area contributed by atoms with Gasteiger partial charge in [0, 0.05) is 66.5 Å². The Morgan fingerprint density at radius 1 is 0.873 bits per heavy atom. The molecule has 2 fully saturated rings. The molecule has 8 rings (SSSR count). The van der Waals surface area contributed by atoms with Gasteiger partial charge in [0.15, 0.2) is 11.5 Å². The van der Waals surface area contributed by atoms with E-state index in [1.807, 2.05) is 30.5 Å². The second-order valence-corrected chi connectivity index (χ2v) is 14.0. The summed E-state index contributed by atoms with van der Waals surface area (Å²) in [5.74, 6) is -0.00350. The number of aromatic amines is 1. The third kappa shape index (κ3) is 9.12. The lowest BCUT2D eigenvalue weighted by Gasteiger charge is -2.36. The number of H-pyrrole nitrogens is 1. The Morgan fingerprint density at radius 2 is 1.56 bits per heavy atom. The van der Waals surface area contributed by atoms with E-state index >= 15 is 0 Å². The lowest BCUT2D eigenvalue weighted by Crippen LogP contribution is -2.54. The lowest BCUT2D eigenvalue weighted by molar-refractivity contribution is -0.192. The number of alkyl halides is 3. The third-order valence-electron chi connectivity index (χ3n) is 9.73. The molecule has 3 N–H and O–H groups in total. The first-order chi connectivity index (χ1) is 26.5. The summed E-state index contributed by atoms with van der Waals surface area (Å²) in [6, 6.07) is 28.1. The van der Waals surface area contributed by atoms with Crippen LogP contribution in [-0.4, -0.2) is 95.5 Å². The van der Waals surface area contributed by atoms with Crippen molar-refractivity contribution in [2.75, 3.05) is 31.1 Å². The van der Waals surface area contributed by atoms with Gasteiger partial charge in [-0.1, -0.05) is 60.7 Å². The molecule has 284 valence electrons. The highest BCUT2D eigenvalue weighted by atomic mass is 19.4. The normalized spacial score (nSPS) is 18.2. The number of aromatic nitrogens is 7. The van der Waals surface area contributed by atoms with Crippen molar-refractivity contribution < 1.29 is 23.1 Å². The average molecular weight is 751 g/mol. The smallest absolute Gasteiger partial charge is 0.475 e. The number of carboxylic acids is 1. The molecule has 0 radical (unpaired) electrons. The Hall–Kier alpha value is -5.80. The molecule has 2 aromatic carbocycles. The van der Waals surface area contributed by atoms with E-state index in [0.29, 0.717) is 23.8 Å². The molecule has 0 saturated carbocycles. The van der Waals surface area contributed by atoms with Gasteiger partial charge in [0.25, 0.3) is 0 Å². The van der Waals surface area contributed by atoms with Crippen LogP contribution < -0.4 is 10.2 Å². The SMILES string of the molecule is C[C@@H]1CN(c2ncc3cc(-c4ccccc4)c(-c4ccc(CN5CCC(c6nc(-c7ccccn7)n[nH]6)CC5)cc4)nc3n2)C[C@H](C)N1.O=C(O)C(F)(F)F. The van der Waals surface area contributed by atoms with E-state index in [9.17, 15) is 13.2 Å². The Kier molecular flexibility index (Phi) is 11.1. The zero-order valence-electron chi connectivity index (χ0n) is 30.4. The molecule has 15 heteroatoms. The number of nitrogens with zero attached hydrogens (tertiary/aromatic N) is 8. The van der Waals surface area contributed by atoms with Crippen LogP contribution in [-0.2, 0) is 11.3 Å². The number of carboxylic acid groups (broad SMARTS) is 1. The minimum absolute atomic E-state index is 0.376. The Morgan fingerprint density at radius 3 is 2.22 bits per heavy atom. The van der Waals surface area contributed by atoms with Crippen LogP contribution >= 0.6 is 0 Å². The van der Waals surface area contributed by atoms with E-state index in [1.54, 1.807) is 6.20 Å². The van der Waals surface area contributed by atoms with Crippen LogP contribution in [0.15, 0.2) is 91.3 Å². The van der Waals surface area contributed by atoms with Gasteiger partial charge in [-0.05, 0) is 69.1 Å². The van der Waals surface area contributed by atoms with Crippen molar-refractivity contribution in [1.82, 2.24) is 45.3 Å². The van der Waals surface area contributed by atoms with E-state index in [1.165, 1.54) is 5.56 Å². The van der Waals surface area contributed by atoms with Crippen molar-refractivity contribution >= 4 is 23.0 Å². The topological polar surface area (TPSA) is 149 Å². The fourth-order valence-corrected chi connectivity index (χ4v) is 7.11. The molecule has 12 nitrogen and oxygen atoms in total. The lowest BCUT2D eigenvalue weighted by atomic mass is 9.95. The monoisotopic (exact) mass is 750 g/mol.